The summed E-state index contributed by atoms with van der Waals surface area (Å²) in [4.78, 5) is 7.92. The van der Waals surface area contributed by atoms with E-state index in [1.54, 1.807) is 12.1 Å². The molecule has 1 aliphatic heterocycles. The molecule has 182 valence electrons. The summed E-state index contributed by atoms with van der Waals surface area (Å²) >= 11 is 0. The van der Waals surface area contributed by atoms with E-state index in [0.717, 1.165) is 35.5 Å². The second kappa shape index (κ2) is 9.20. The zero-order valence-electron chi connectivity index (χ0n) is 19.8. The number of aromatic nitrogens is 4. The van der Waals surface area contributed by atoms with Crippen LogP contribution in [0.25, 0.3) is 33.5 Å². The van der Waals surface area contributed by atoms with Crippen molar-refractivity contribution >= 4 is 10.9 Å². The molecule has 0 saturated heterocycles. The number of aryl methyl sites for hydroxylation is 1. The highest BCUT2D eigenvalue weighted by Crippen LogP contribution is 2.36. The molecule has 0 spiro atoms. The van der Waals surface area contributed by atoms with Gasteiger partial charge in [-0.2, -0.15) is 5.10 Å². The van der Waals surface area contributed by atoms with Crippen molar-refractivity contribution in [2.75, 3.05) is 6.54 Å². The number of hydrogen-bond acceptors (Lipinski definition) is 4. The summed E-state index contributed by atoms with van der Waals surface area (Å²) in [6, 6.07) is 16.0. The Kier molecular flexibility index (Phi) is 5.73. The van der Waals surface area contributed by atoms with Gasteiger partial charge >= 0.3 is 0 Å². The minimum Gasteiger partial charge on any atom is -0.486 e. The summed E-state index contributed by atoms with van der Waals surface area (Å²) in [5.41, 5.74) is 5.97. The third kappa shape index (κ3) is 4.03. The van der Waals surface area contributed by atoms with E-state index in [1.807, 2.05) is 37.3 Å². The summed E-state index contributed by atoms with van der Waals surface area (Å²) in [5, 5.41) is 11.0. The second-order valence-electron chi connectivity index (χ2n) is 8.96. The third-order valence-corrected chi connectivity index (χ3v) is 6.63. The van der Waals surface area contributed by atoms with Crippen LogP contribution >= 0.6 is 0 Å². The molecule has 1 aliphatic rings. The van der Waals surface area contributed by atoms with Crippen LogP contribution in [0.3, 0.4) is 0 Å². The van der Waals surface area contributed by atoms with E-state index in [1.165, 1.54) is 12.1 Å². The van der Waals surface area contributed by atoms with Gasteiger partial charge in [-0.05, 0) is 52.9 Å². The number of rotatable bonds is 6. The van der Waals surface area contributed by atoms with Crippen LogP contribution in [0.4, 0.5) is 8.78 Å². The van der Waals surface area contributed by atoms with E-state index in [2.05, 4.69) is 25.5 Å². The number of nitrogens with one attached hydrogen (secondary N) is 3. The van der Waals surface area contributed by atoms with Gasteiger partial charge in [-0.3, -0.25) is 5.10 Å². The van der Waals surface area contributed by atoms with Crippen LogP contribution < -0.4 is 10.1 Å². The minimum absolute atomic E-state index is 0.182. The average Bonchev–Trinajstić information content (AvgIpc) is 3.53. The van der Waals surface area contributed by atoms with Crippen LogP contribution in [-0.4, -0.2) is 26.7 Å². The normalized spacial score (nSPS) is 13.2. The number of nitrogens with zero attached hydrogens (tertiary/aromatic N) is 2. The molecule has 0 unspecified atom stereocenters. The summed E-state index contributed by atoms with van der Waals surface area (Å²) in [6.45, 7) is 3.81. The molecular formula is C28H25F2N5O. The van der Waals surface area contributed by atoms with Crippen molar-refractivity contribution in [2.45, 2.75) is 32.9 Å². The average molecular weight is 486 g/mol. The van der Waals surface area contributed by atoms with E-state index < -0.39 is 11.6 Å². The zero-order valence-corrected chi connectivity index (χ0v) is 19.8. The molecule has 0 saturated carbocycles. The molecule has 3 N–H and O–H groups in total. The molecule has 0 fully saturated rings. The number of imidazole rings is 1. The minimum atomic E-state index is -0.487. The van der Waals surface area contributed by atoms with E-state index >= 15 is 8.78 Å². The molecule has 3 heterocycles. The van der Waals surface area contributed by atoms with Gasteiger partial charge in [0.2, 0.25) is 0 Å². The third-order valence-electron chi connectivity index (χ3n) is 6.63. The Bertz CT molecular complexity index is 1530. The second-order valence-corrected chi connectivity index (χ2v) is 8.96. The lowest BCUT2D eigenvalue weighted by atomic mass is 9.96. The number of halogens is 2. The van der Waals surface area contributed by atoms with E-state index in [-0.39, 0.29) is 12.4 Å². The Morgan fingerprint density at radius 3 is 2.69 bits per heavy atom. The molecule has 0 atom stereocenters. The lowest BCUT2D eigenvalue weighted by molar-refractivity contribution is 0.290. The molecule has 0 bridgehead atoms. The largest absolute Gasteiger partial charge is 0.486 e. The molecule has 2 aromatic heterocycles. The lowest BCUT2D eigenvalue weighted by Gasteiger charge is -2.14. The first-order valence-electron chi connectivity index (χ1n) is 12.1. The van der Waals surface area contributed by atoms with Crippen molar-refractivity contribution in [3.8, 4) is 28.4 Å². The molecule has 0 radical (unpaired) electrons. The van der Waals surface area contributed by atoms with Gasteiger partial charge in [0, 0.05) is 19.5 Å². The van der Waals surface area contributed by atoms with Crippen LogP contribution in [0.5, 0.6) is 5.75 Å². The van der Waals surface area contributed by atoms with Gasteiger partial charge in [0.05, 0.1) is 22.3 Å². The fourth-order valence-electron chi connectivity index (χ4n) is 4.77. The number of H-pyrrole nitrogens is 2. The maximum Gasteiger partial charge on any atom is 0.165 e. The predicted molar refractivity (Wildman–Crippen MR) is 135 cm³/mol. The van der Waals surface area contributed by atoms with Gasteiger partial charge in [-0.25, -0.2) is 13.8 Å². The standard InChI is InChI=1S/C28H25F2N5O/c1-2-17-12-25(36-15-16-6-4-3-5-7-16)20(29)13-19(17)18-10-21(30)26-23(11-18)34-35-27(26)28-32-22-8-9-31-14-24(22)33-28/h3-7,10-13,31H,2,8-9,14-15H2,1H3,(H,32,33)(H,34,35). The first-order chi connectivity index (χ1) is 17.6. The smallest absolute Gasteiger partial charge is 0.165 e. The topological polar surface area (TPSA) is 78.6 Å². The van der Waals surface area contributed by atoms with Crippen molar-refractivity contribution in [2.24, 2.45) is 0 Å². The predicted octanol–water partition coefficient (Wildman–Crippen LogP) is 5.69. The van der Waals surface area contributed by atoms with Crippen molar-refractivity contribution in [3.63, 3.8) is 0 Å². The summed E-state index contributed by atoms with van der Waals surface area (Å²) in [7, 11) is 0. The van der Waals surface area contributed by atoms with Crippen molar-refractivity contribution in [3.05, 3.63) is 88.7 Å². The van der Waals surface area contributed by atoms with Crippen molar-refractivity contribution in [1.29, 1.82) is 0 Å². The highest BCUT2D eigenvalue weighted by atomic mass is 19.1. The lowest BCUT2D eigenvalue weighted by Crippen LogP contribution is -2.23. The molecule has 36 heavy (non-hydrogen) atoms. The first kappa shape index (κ1) is 22.4. The van der Waals surface area contributed by atoms with Crippen LogP contribution in [0.15, 0.2) is 54.6 Å². The Labute approximate surface area is 206 Å². The molecule has 6 nitrogen and oxygen atoms in total. The number of benzene rings is 3. The SMILES string of the molecule is CCc1cc(OCc2ccccc2)c(F)cc1-c1cc(F)c2c(-c3nc4c([nH]3)CNCC4)n[nH]c2c1. The monoisotopic (exact) mass is 485 g/mol. The molecule has 6 rings (SSSR count). The van der Waals surface area contributed by atoms with Gasteiger partial charge in [0.25, 0.3) is 0 Å². The molecular weight excluding hydrogens is 460 g/mol. The molecule has 8 heteroatoms. The molecule has 3 aromatic carbocycles. The Morgan fingerprint density at radius 1 is 1.03 bits per heavy atom. The molecule has 5 aromatic rings. The fourth-order valence-corrected chi connectivity index (χ4v) is 4.77. The van der Waals surface area contributed by atoms with E-state index in [0.29, 0.717) is 46.5 Å². The first-order valence-corrected chi connectivity index (χ1v) is 12.1. The molecule has 0 amide bonds. The zero-order chi connectivity index (χ0) is 24.6. The van der Waals surface area contributed by atoms with Crippen LogP contribution in [-0.2, 0) is 26.0 Å². The summed E-state index contributed by atoms with van der Waals surface area (Å²) < 4.78 is 36.3. The van der Waals surface area contributed by atoms with Crippen LogP contribution in [0, 0.1) is 11.6 Å². The Balaban J connectivity index is 1.35. The van der Waals surface area contributed by atoms with Gasteiger partial charge < -0.3 is 15.0 Å². The van der Waals surface area contributed by atoms with Crippen molar-refractivity contribution < 1.29 is 13.5 Å². The number of fused-ring (bicyclic) bond motifs is 2. The van der Waals surface area contributed by atoms with Gasteiger partial charge in [0.15, 0.2) is 17.4 Å². The molecule has 0 aliphatic carbocycles. The highest BCUT2D eigenvalue weighted by Gasteiger charge is 2.21. The quantitative estimate of drug-likeness (QED) is 0.289. The Hall–Kier alpha value is -4.04. The fraction of sp³-hybridized carbons (Fsp3) is 0.214. The van der Waals surface area contributed by atoms with Gasteiger partial charge in [-0.15, -0.1) is 0 Å². The van der Waals surface area contributed by atoms with Crippen LogP contribution in [0.2, 0.25) is 0 Å². The van der Waals surface area contributed by atoms with Crippen molar-refractivity contribution in [1.82, 2.24) is 25.5 Å². The van der Waals surface area contributed by atoms with E-state index in [4.69, 9.17) is 4.74 Å². The summed E-state index contributed by atoms with van der Waals surface area (Å²) in [5.74, 6) is -0.202. The van der Waals surface area contributed by atoms with Gasteiger partial charge in [0.1, 0.15) is 18.1 Å². The number of ether oxygens (including phenoxy) is 1. The van der Waals surface area contributed by atoms with Gasteiger partial charge in [-0.1, -0.05) is 37.3 Å². The number of hydrogen-bond donors (Lipinski definition) is 3. The summed E-state index contributed by atoms with van der Waals surface area (Å²) in [6.07, 6.45) is 1.45. The highest BCUT2D eigenvalue weighted by molar-refractivity contribution is 5.94. The Morgan fingerprint density at radius 2 is 1.89 bits per heavy atom. The van der Waals surface area contributed by atoms with E-state index in [9.17, 15) is 0 Å². The van der Waals surface area contributed by atoms with Crippen LogP contribution in [0.1, 0.15) is 29.4 Å². The maximum atomic E-state index is 15.5. The number of aromatic amines is 2. The maximum absolute atomic E-state index is 15.5.